The summed E-state index contributed by atoms with van der Waals surface area (Å²) in [7, 11) is 0. The van der Waals surface area contributed by atoms with Crippen molar-refractivity contribution >= 4 is 23.5 Å². The Bertz CT molecular complexity index is 632. The van der Waals surface area contributed by atoms with Crippen molar-refractivity contribution in [3.8, 4) is 11.5 Å². The maximum absolute atomic E-state index is 11.9. The number of carbonyl (C=O) groups is 1. The number of carbonyl (C=O) groups excluding carboxylic acids is 1. The first kappa shape index (κ1) is 16.0. The summed E-state index contributed by atoms with van der Waals surface area (Å²) in [5.41, 5.74) is 0.723. The summed E-state index contributed by atoms with van der Waals surface area (Å²) in [5.74, 6) is 0.731. The zero-order valence-corrected chi connectivity index (χ0v) is 13.2. The maximum Gasteiger partial charge on any atom is 0.322 e. The average Bonchev–Trinajstić information content (AvgIpc) is 2.49. The monoisotopic (exact) mass is 318 g/mol. The van der Waals surface area contributed by atoms with Crippen LogP contribution < -0.4 is 15.4 Å². The first-order valence-corrected chi connectivity index (χ1v) is 7.96. The van der Waals surface area contributed by atoms with Crippen LogP contribution in [0.2, 0.25) is 0 Å². The second-order valence-corrected chi connectivity index (χ2v) is 5.46. The molecule has 0 heterocycles. The van der Waals surface area contributed by atoms with Crippen molar-refractivity contribution in [2.24, 2.45) is 0 Å². The minimum Gasteiger partial charge on any atom is -0.508 e. The molecule has 1 atom stereocenters. The highest BCUT2D eigenvalue weighted by molar-refractivity contribution is 7.98. The van der Waals surface area contributed by atoms with Gasteiger partial charge in [-0.15, -0.1) is 11.8 Å². The van der Waals surface area contributed by atoms with Gasteiger partial charge in [0.1, 0.15) is 11.5 Å². The molecule has 2 amide bonds. The normalized spacial score (nSPS) is 11.5. The lowest BCUT2D eigenvalue weighted by molar-refractivity contribution is 0.183. The van der Waals surface area contributed by atoms with Gasteiger partial charge in [-0.05, 0) is 55.6 Å². The topological polar surface area (TPSA) is 70.6 Å². The van der Waals surface area contributed by atoms with Crippen LogP contribution in [0.3, 0.4) is 0 Å². The van der Waals surface area contributed by atoms with E-state index >= 15 is 0 Å². The molecule has 0 aliphatic rings. The molecule has 6 heteroatoms. The fourth-order valence-corrected chi connectivity index (χ4v) is 2.27. The van der Waals surface area contributed by atoms with Gasteiger partial charge in [0.15, 0.2) is 6.23 Å². The molecule has 1 unspecified atom stereocenters. The largest absolute Gasteiger partial charge is 0.508 e. The Labute approximate surface area is 133 Å². The van der Waals surface area contributed by atoms with Crippen LogP contribution in [-0.2, 0) is 0 Å². The highest BCUT2D eigenvalue weighted by atomic mass is 32.2. The first-order valence-electron chi connectivity index (χ1n) is 6.74. The molecule has 116 valence electrons. The van der Waals surface area contributed by atoms with Crippen molar-refractivity contribution in [2.45, 2.75) is 18.0 Å². The molecule has 5 nitrogen and oxygen atoms in total. The number of phenols is 1. The Kier molecular flexibility index (Phi) is 5.55. The number of amides is 2. The third-order valence-corrected chi connectivity index (χ3v) is 3.54. The van der Waals surface area contributed by atoms with Gasteiger partial charge in [-0.25, -0.2) is 4.79 Å². The van der Waals surface area contributed by atoms with Crippen LogP contribution >= 0.6 is 11.8 Å². The number of thioether (sulfide) groups is 1. The van der Waals surface area contributed by atoms with Gasteiger partial charge in [-0.3, -0.25) is 0 Å². The van der Waals surface area contributed by atoms with Gasteiger partial charge in [0.05, 0.1) is 0 Å². The quantitative estimate of drug-likeness (QED) is 0.581. The van der Waals surface area contributed by atoms with Gasteiger partial charge in [0, 0.05) is 10.6 Å². The van der Waals surface area contributed by atoms with E-state index in [1.165, 1.54) is 12.1 Å². The van der Waals surface area contributed by atoms with Gasteiger partial charge in [-0.2, -0.15) is 0 Å². The van der Waals surface area contributed by atoms with Crippen LogP contribution in [0.15, 0.2) is 53.4 Å². The average molecular weight is 318 g/mol. The van der Waals surface area contributed by atoms with Gasteiger partial charge in [-0.1, -0.05) is 6.07 Å². The Morgan fingerprint density at radius 1 is 1.23 bits per heavy atom. The number of hydrogen-bond donors (Lipinski definition) is 3. The predicted octanol–water partition coefficient (Wildman–Crippen LogP) is 3.66. The summed E-state index contributed by atoms with van der Waals surface area (Å²) < 4.78 is 5.54. The Balaban J connectivity index is 1.86. The first-order chi connectivity index (χ1) is 10.6. The van der Waals surface area contributed by atoms with Crippen LogP contribution in [0, 0.1) is 0 Å². The summed E-state index contributed by atoms with van der Waals surface area (Å²) in [6.07, 6.45) is 1.47. The molecular weight excluding hydrogens is 300 g/mol. The van der Waals surface area contributed by atoms with E-state index in [9.17, 15) is 9.90 Å². The zero-order valence-electron chi connectivity index (χ0n) is 12.4. The smallest absolute Gasteiger partial charge is 0.322 e. The Hall–Kier alpha value is -2.34. The molecule has 0 fully saturated rings. The van der Waals surface area contributed by atoms with Gasteiger partial charge in [0.2, 0.25) is 0 Å². The molecule has 0 saturated carbocycles. The van der Waals surface area contributed by atoms with Crippen LogP contribution in [0.5, 0.6) is 11.5 Å². The number of aromatic hydroxyl groups is 1. The van der Waals surface area contributed by atoms with Gasteiger partial charge < -0.3 is 20.5 Å². The van der Waals surface area contributed by atoms with E-state index in [4.69, 9.17) is 4.74 Å². The summed E-state index contributed by atoms with van der Waals surface area (Å²) >= 11 is 1.61. The van der Waals surface area contributed by atoms with Crippen molar-refractivity contribution in [3.63, 3.8) is 0 Å². The second-order valence-electron chi connectivity index (χ2n) is 4.58. The molecule has 2 rings (SSSR count). The predicted molar refractivity (Wildman–Crippen MR) is 88.6 cm³/mol. The summed E-state index contributed by atoms with van der Waals surface area (Å²) in [6, 6.07) is 13.6. The SMILES string of the molecule is CSc1cccc(NC(=O)NC(C)Oc2ccc(O)cc2)c1. The maximum atomic E-state index is 11.9. The molecule has 0 aliphatic heterocycles. The molecular formula is C16H18N2O3S. The lowest BCUT2D eigenvalue weighted by Crippen LogP contribution is -2.39. The Morgan fingerprint density at radius 3 is 2.64 bits per heavy atom. The lowest BCUT2D eigenvalue weighted by atomic mass is 10.3. The standard InChI is InChI=1S/C16H18N2O3S/c1-11(21-14-8-6-13(19)7-9-14)17-16(20)18-12-4-3-5-15(10-12)22-2/h3-11,19H,1-2H3,(H2,17,18,20). The molecule has 0 saturated heterocycles. The number of nitrogens with one attached hydrogen (secondary N) is 2. The van der Waals surface area contributed by atoms with Crippen molar-refractivity contribution < 1.29 is 14.6 Å². The van der Waals surface area contributed by atoms with Crippen molar-refractivity contribution in [1.29, 1.82) is 0 Å². The summed E-state index contributed by atoms with van der Waals surface area (Å²) in [4.78, 5) is 13.0. The second kappa shape index (κ2) is 7.61. The number of ether oxygens (including phenoxy) is 1. The fourth-order valence-electron chi connectivity index (χ4n) is 1.81. The molecule has 0 aliphatic carbocycles. The molecule has 0 radical (unpaired) electrons. The number of hydrogen-bond acceptors (Lipinski definition) is 4. The van der Waals surface area contributed by atoms with Crippen LogP contribution in [-0.4, -0.2) is 23.6 Å². The van der Waals surface area contributed by atoms with Crippen LogP contribution in [0.25, 0.3) is 0 Å². The van der Waals surface area contributed by atoms with E-state index in [0.29, 0.717) is 5.75 Å². The van der Waals surface area contributed by atoms with Crippen molar-refractivity contribution in [1.82, 2.24) is 5.32 Å². The summed E-state index contributed by atoms with van der Waals surface area (Å²) in [6.45, 7) is 1.73. The van der Waals surface area contributed by atoms with E-state index in [0.717, 1.165) is 10.6 Å². The fraction of sp³-hybridized carbons (Fsp3) is 0.188. The molecule has 2 aromatic carbocycles. The molecule has 22 heavy (non-hydrogen) atoms. The molecule has 3 N–H and O–H groups in total. The van der Waals surface area contributed by atoms with Crippen molar-refractivity contribution in [2.75, 3.05) is 11.6 Å². The van der Waals surface area contributed by atoms with Gasteiger partial charge >= 0.3 is 6.03 Å². The lowest BCUT2D eigenvalue weighted by Gasteiger charge is -2.17. The van der Waals surface area contributed by atoms with E-state index in [1.807, 2.05) is 30.5 Å². The highest BCUT2D eigenvalue weighted by Crippen LogP contribution is 2.19. The van der Waals surface area contributed by atoms with Crippen LogP contribution in [0.1, 0.15) is 6.92 Å². The van der Waals surface area contributed by atoms with Gasteiger partial charge in [0.25, 0.3) is 0 Å². The molecule has 0 aromatic heterocycles. The number of anilines is 1. The summed E-state index contributed by atoms with van der Waals surface area (Å²) in [5, 5.41) is 14.7. The Morgan fingerprint density at radius 2 is 1.95 bits per heavy atom. The van der Waals surface area contributed by atoms with E-state index in [1.54, 1.807) is 30.8 Å². The molecule has 0 bridgehead atoms. The third kappa shape index (κ3) is 4.89. The van der Waals surface area contributed by atoms with Crippen LogP contribution in [0.4, 0.5) is 10.5 Å². The van der Waals surface area contributed by atoms with E-state index in [-0.39, 0.29) is 11.8 Å². The molecule has 0 spiro atoms. The van der Waals surface area contributed by atoms with Crippen molar-refractivity contribution in [3.05, 3.63) is 48.5 Å². The third-order valence-electron chi connectivity index (χ3n) is 2.81. The highest BCUT2D eigenvalue weighted by Gasteiger charge is 2.09. The number of rotatable bonds is 5. The number of benzene rings is 2. The minimum absolute atomic E-state index is 0.166. The number of phenolic OH excluding ortho intramolecular Hbond substituents is 1. The zero-order chi connectivity index (χ0) is 15.9. The molecule has 2 aromatic rings. The minimum atomic E-state index is -0.506. The van der Waals surface area contributed by atoms with E-state index < -0.39 is 6.23 Å². The number of urea groups is 1. The van der Waals surface area contributed by atoms with E-state index in [2.05, 4.69) is 10.6 Å².